The Hall–Kier alpha value is -3.78. The number of Topliss-reactive ketones (excluding diaryl/α,β-unsaturated/α-hetero) is 1. The summed E-state index contributed by atoms with van der Waals surface area (Å²) < 4.78 is 21.5. The Labute approximate surface area is 221 Å². The van der Waals surface area contributed by atoms with E-state index in [1.807, 2.05) is 31.2 Å². The summed E-state index contributed by atoms with van der Waals surface area (Å²) in [7, 11) is 0. The molecule has 0 amide bonds. The Bertz CT molecular complexity index is 1470. The van der Waals surface area contributed by atoms with Crippen LogP contribution < -0.4 is 10.1 Å². The molecule has 7 nitrogen and oxygen atoms in total. The fraction of sp³-hybridized carbons (Fsp3) is 0.367. The molecule has 1 N–H and O–H groups in total. The lowest BCUT2D eigenvalue weighted by Crippen LogP contribution is -2.26. The zero-order chi connectivity index (χ0) is 26.1. The van der Waals surface area contributed by atoms with Gasteiger partial charge in [0.2, 0.25) is 5.88 Å². The number of hydrogen-bond donors (Lipinski definition) is 1. The highest BCUT2D eigenvalue weighted by atomic mass is 19.1. The van der Waals surface area contributed by atoms with Gasteiger partial charge in [-0.05, 0) is 75.4 Å². The molecule has 0 unspecified atom stereocenters. The molecule has 4 aromatic rings. The molecule has 38 heavy (non-hydrogen) atoms. The van der Waals surface area contributed by atoms with Gasteiger partial charge in [-0.3, -0.25) is 4.79 Å². The lowest BCUT2D eigenvalue weighted by molar-refractivity contribution is 0.0975. The molecule has 0 atom stereocenters. The number of rotatable bonds is 10. The minimum Gasteiger partial charge on any atom is -0.437 e. The van der Waals surface area contributed by atoms with Crippen LogP contribution in [0.3, 0.4) is 0 Å². The van der Waals surface area contributed by atoms with E-state index >= 15 is 0 Å². The summed E-state index contributed by atoms with van der Waals surface area (Å²) in [6.45, 7) is 5.95. The second-order valence-electron chi connectivity index (χ2n) is 10.4. The second-order valence-corrected chi connectivity index (χ2v) is 10.4. The Morgan fingerprint density at radius 2 is 1.97 bits per heavy atom. The summed E-state index contributed by atoms with van der Waals surface area (Å²) in [5.74, 6) is 1.10. The van der Waals surface area contributed by atoms with Crippen LogP contribution in [0.2, 0.25) is 0 Å². The van der Waals surface area contributed by atoms with Crippen molar-refractivity contribution in [1.82, 2.24) is 19.5 Å². The van der Waals surface area contributed by atoms with Gasteiger partial charge in [-0.25, -0.2) is 13.9 Å². The quantitative estimate of drug-likeness (QED) is 0.257. The number of carbonyl (C=O) groups is 1. The number of ether oxygens (including phenoxy) is 1. The SMILES string of the molecule is Cc1cc(-c2cnc3c(NCCN4CCCC4)cc(Oc4cccc(F)c4)nn23)ccc1C(=O)CC1CC1. The van der Waals surface area contributed by atoms with Gasteiger partial charge >= 0.3 is 0 Å². The minimum atomic E-state index is -0.373. The van der Waals surface area contributed by atoms with Crippen LogP contribution in [0.5, 0.6) is 11.6 Å². The predicted octanol–water partition coefficient (Wildman–Crippen LogP) is 6.13. The number of aryl methyl sites for hydroxylation is 1. The van der Waals surface area contributed by atoms with Gasteiger partial charge in [-0.1, -0.05) is 18.2 Å². The number of anilines is 1. The number of benzene rings is 2. The van der Waals surface area contributed by atoms with E-state index < -0.39 is 0 Å². The number of ketones is 1. The summed E-state index contributed by atoms with van der Waals surface area (Å²) in [5.41, 5.74) is 4.90. The first kappa shape index (κ1) is 24.6. The molecule has 8 heteroatoms. The van der Waals surface area contributed by atoms with E-state index in [0.717, 1.165) is 67.1 Å². The van der Waals surface area contributed by atoms with Crippen molar-refractivity contribution in [3.63, 3.8) is 0 Å². The summed E-state index contributed by atoms with van der Waals surface area (Å²) in [4.78, 5) is 19.9. The average Bonchev–Trinajstić information content (AvgIpc) is 3.36. The molecular weight excluding hydrogens is 481 g/mol. The molecule has 1 aliphatic heterocycles. The molecule has 1 saturated carbocycles. The summed E-state index contributed by atoms with van der Waals surface area (Å²) in [6, 6.07) is 13.7. The number of hydrogen-bond acceptors (Lipinski definition) is 6. The van der Waals surface area contributed by atoms with E-state index in [1.165, 1.54) is 25.0 Å². The van der Waals surface area contributed by atoms with E-state index in [2.05, 4.69) is 15.2 Å². The van der Waals surface area contributed by atoms with Crippen molar-refractivity contribution < 1.29 is 13.9 Å². The largest absolute Gasteiger partial charge is 0.437 e. The standard InChI is InChI=1S/C30H32FN5O2/c1-20-15-22(9-10-25(20)28(37)16-21-7-8-21)27-19-33-30-26(32-11-14-35-12-2-3-13-35)18-29(34-36(27)30)38-24-6-4-5-23(31)17-24/h4-6,9-10,15,17-19,21,32H,2-3,7-8,11-14,16H2,1H3. The van der Waals surface area contributed by atoms with Crippen molar-refractivity contribution in [3.05, 3.63) is 71.7 Å². The predicted molar refractivity (Wildman–Crippen MR) is 145 cm³/mol. The highest BCUT2D eigenvalue weighted by molar-refractivity contribution is 5.98. The monoisotopic (exact) mass is 513 g/mol. The third-order valence-corrected chi connectivity index (χ3v) is 7.40. The van der Waals surface area contributed by atoms with Crippen LogP contribution in [0.4, 0.5) is 10.1 Å². The number of imidazole rings is 1. The van der Waals surface area contributed by atoms with Crippen LogP contribution in [-0.2, 0) is 0 Å². The number of halogens is 1. The zero-order valence-electron chi connectivity index (χ0n) is 21.6. The Morgan fingerprint density at radius 3 is 2.74 bits per heavy atom. The number of aromatic nitrogens is 3. The highest BCUT2D eigenvalue weighted by Crippen LogP contribution is 2.35. The third kappa shape index (κ3) is 5.41. The number of likely N-dealkylation sites (tertiary alicyclic amines) is 1. The van der Waals surface area contributed by atoms with Crippen molar-refractivity contribution in [3.8, 4) is 22.9 Å². The van der Waals surface area contributed by atoms with Crippen molar-refractivity contribution in [1.29, 1.82) is 0 Å². The molecule has 2 aromatic heterocycles. The van der Waals surface area contributed by atoms with Crippen molar-refractivity contribution in [2.75, 3.05) is 31.5 Å². The first-order chi connectivity index (χ1) is 18.5. The molecule has 0 spiro atoms. The Kier molecular flexibility index (Phi) is 6.81. The van der Waals surface area contributed by atoms with Crippen molar-refractivity contribution >= 4 is 17.1 Å². The molecule has 1 aliphatic carbocycles. The molecule has 0 radical (unpaired) electrons. The van der Waals surface area contributed by atoms with Crippen LogP contribution >= 0.6 is 0 Å². The highest BCUT2D eigenvalue weighted by Gasteiger charge is 2.25. The fourth-order valence-corrected chi connectivity index (χ4v) is 5.16. The van der Waals surface area contributed by atoms with Crippen LogP contribution in [0.15, 0.2) is 54.7 Å². The number of nitrogens with one attached hydrogen (secondary N) is 1. The normalized spacial score (nSPS) is 15.7. The number of nitrogens with zero attached hydrogens (tertiary/aromatic N) is 4. The van der Waals surface area contributed by atoms with Crippen LogP contribution in [0.25, 0.3) is 16.9 Å². The Morgan fingerprint density at radius 1 is 1.13 bits per heavy atom. The third-order valence-electron chi connectivity index (χ3n) is 7.40. The molecule has 2 fully saturated rings. The molecule has 1 saturated heterocycles. The van der Waals surface area contributed by atoms with Gasteiger partial charge in [0.15, 0.2) is 11.4 Å². The van der Waals surface area contributed by atoms with Gasteiger partial charge in [0.05, 0.1) is 17.6 Å². The topological polar surface area (TPSA) is 71.8 Å². The zero-order valence-corrected chi connectivity index (χ0v) is 21.6. The van der Waals surface area contributed by atoms with Crippen LogP contribution in [-0.4, -0.2) is 51.5 Å². The Balaban J connectivity index is 1.33. The van der Waals surface area contributed by atoms with Gasteiger partial charge in [-0.2, -0.15) is 0 Å². The van der Waals surface area contributed by atoms with Gasteiger partial charge in [-0.15, -0.1) is 5.10 Å². The smallest absolute Gasteiger partial charge is 0.239 e. The fourth-order valence-electron chi connectivity index (χ4n) is 5.16. The van der Waals surface area contributed by atoms with Gasteiger partial charge in [0.1, 0.15) is 11.6 Å². The summed E-state index contributed by atoms with van der Waals surface area (Å²) in [5, 5.41) is 8.22. The van der Waals surface area contributed by atoms with E-state index in [9.17, 15) is 9.18 Å². The van der Waals surface area contributed by atoms with E-state index in [4.69, 9.17) is 9.84 Å². The van der Waals surface area contributed by atoms with Crippen LogP contribution in [0.1, 0.15) is 48.0 Å². The maximum absolute atomic E-state index is 13.8. The molecule has 196 valence electrons. The lowest BCUT2D eigenvalue weighted by Gasteiger charge is -2.16. The maximum atomic E-state index is 13.8. The summed E-state index contributed by atoms with van der Waals surface area (Å²) >= 11 is 0. The second kappa shape index (κ2) is 10.5. The average molecular weight is 514 g/mol. The molecule has 2 aromatic carbocycles. The molecule has 0 bridgehead atoms. The van der Waals surface area contributed by atoms with Crippen LogP contribution in [0, 0.1) is 18.7 Å². The first-order valence-corrected chi connectivity index (χ1v) is 13.5. The van der Waals surface area contributed by atoms with E-state index in [1.54, 1.807) is 22.8 Å². The van der Waals surface area contributed by atoms with Gasteiger partial charge in [0, 0.05) is 42.8 Å². The van der Waals surface area contributed by atoms with Gasteiger partial charge < -0.3 is 15.0 Å². The van der Waals surface area contributed by atoms with E-state index in [0.29, 0.717) is 29.6 Å². The van der Waals surface area contributed by atoms with Gasteiger partial charge in [0.25, 0.3) is 0 Å². The van der Waals surface area contributed by atoms with Crippen molar-refractivity contribution in [2.45, 2.75) is 39.0 Å². The summed E-state index contributed by atoms with van der Waals surface area (Å²) in [6.07, 6.45) is 7.23. The van der Waals surface area contributed by atoms with E-state index in [-0.39, 0.29) is 11.6 Å². The first-order valence-electron chi connectivity index (χ1n) is 13.5. The molecule has 3 heterocycles. The number of carbonyl (C=O) groups excluding carboxylic acids is 1. The maximum Gasteiger partial charge on any atom is 0.239 e. The molecule has 2 aliphatic rings. The van der Waals surface area contributed by atoms with Crippen molar-refractivity contribution in [2.24, 2.45) is 5.92 Å². The molecule has 6 rings (SSSR count). The number of fused-ring (bicyclic) bond motifs is 1. The minimum absolute atomic E-state index is 0.211. The lowest BCUT2D eigenvalue weighted by atomic mass is 9.98. The molecular formula is C30H32FN5O2.